The van der Waals surface area contributed by atoms with Crippen LogP contribution < -0.4 is 4.74 Å². The summed E-state index contributed by atoms with van der Waals surface area (Å²) in [5.74, 6) is 1.16. The molecule has 0 fully saturated rings. The summed E-state index contributed by atoms with van der Waals surface area (Å²) in [5, 5.41) is 1.64. The van der Waals surface area contributed by atoms with E-state index in [0.29, 0.717) is 17.7 Å². The monoisotopic (exact) mass is 249 g/mol. The van der Waals surface area contributed by atoms with Gasteiger partial charge in [0.1, 0.15) is 16.4 Å². The van der Waals surface area contributed by atoms with Gasteiger partial charge >= 0.3 is 0 Å². The van der Waals surface area contributed by atoms with Crippen LogP contribution in [0.3, 0.4) is 0 Å². The van der Waals surface area contributed by atoms with E-state index in [4.69, 9.17) is 16.3 Å². The Balaban J connectivity index is 2.64. The van der Waals surface area contributed by atoms with Gasteiger partial charge in [0.05, 0.1) is 6.61 Å². The van der Waals surface area contributed by atoms with Crippen molar-refractivity contribution in [3.05, 3.63) is 35.0 Å². The van der Waals surface area contributed by atoms with Crippen molar-refractivity contribution in [2.75, 3.05) is 6.61 Å². The van der Waals surface area contributed by atoms with Gasteiger partial charge in [0.15, 0.2) is 0 Å². The number of pyridine rings is 1. The Labute approximate surface area is 107 Å². The first-order valence-corrected chi connectivity index (χ1v) is 6.23. The Bertz CT molecular complexity index is 537. The smallest absolute Gasteiger partial charge is 0.145 e. The van der Waals surface area contributed by atoms with Crippen LogP contribution in [0, 0.1) is 0 Å². The molecular formula is C14H16ClNO. The van der Waals surface area contributed by atoms with Gasteiger partial charge in [-0.15, -0.1) is 0 Å². The summed E-state index contributed by atoms with van der Waals surface area (Å²) in [6.45, 7) is 6.81. The zero-order valence-corrected chi connectivity index (χ0v) is 11.1. The second kappa shape index (κ2) is 4.92. The van der Waals surface area contributed by atoms with Gasteiger partial charge in [-0.1, -0.05) is 37.6 Å². The highest BCUT2D eigenvalue weighted by molar-refractivity contribution is 6.30. The maximum absolute atomic E-state index is 6.20. The third-order valence-electron chi connectivity index (χ3n) is 2.71. The van der Waals surface area contributed by atoms with Gasteiger partial charge in [0.2, 0.25) is 0 Å². The minimum Gasteiger partial charge on any atom is -0.492 e. The van der Waals surface area contributed by atoms with Crippen molar-refractivity contribution in [1.29, 1.82) is 0 Å². The van der Waals surface area contributed by atoms with Gasteiger partial charge < -0.3 is 4.74 Å². The highest BCUT2D eigenvalue weighted by Crippen LogP contribution is 2.30. The predicted molar refractivity (Wildman–Crippen MR) is 72.0 cm³/mol. The highest BCUT2D eigenvalue weighted by Gasteiger charge is 2.11. The van der Waals surface area contributed by atoms with Gasteiger partial charge in [-0.25, -0.2) is 4.98 Å². The lowest BCUT2D eigenvalue weighted by Gasteiger charge is -2.11. The molecule has 0 saturated carbocycles. The van der Waals surface area contributed by atoms with Crippen LogP contribution in [-0.2, 0) is 0 Å². The minimum absolute atomic E-state index is 0.371. The van der Waals surface area contributed by atoms with Gasteiger partial charge in [0, 0.05) is 5.39 Å². The summed E-state index contributed by atoms with van der Waals surface area (Å²) in [7, 11) is 0. The standard InChI is InChI=1S/C14H16ClNO/c1-4-17-12-7-5-6-10-8-11(9(2)3)14(15)16-13(10)12/h5-9H,4H2,1-3H3. The molecule has 1 heterocycles. The number of benzene rings is 1. The van der Waals surface area contributed by atoms with Crippen molar-refractivity contribution >= 4 is 22.5 Å². The summed E-state index contributed by atoms with van der Waals surface area (Å²) in [5.41, 5.74) is 1.91. The van der Waals surface area contributed by atoms with E-state index in [0.717, 1.165) is 22.2 Å². The SMILES string of the molecule is CCOc1cccc2cc(C(C)C)c(Cl)nc12. The number of rotatable bonds is 3. The quantitative estimate of drug-likeness (QED) is 0.752. The average Bonchev–Trinajstić information content (AvgIpc) is 2.29. The van der Waals surface area contributed by atoms with E-state index in [1.165, 1.54) is 0 Å². The molecule has 2 rings (SSSR count). The number of halogens is 1. The van der Waals surface area contributed by atoms with Crippen molar-refractivity contribution in [3.8, 4) is 5.75 Å². The van der Waals surface area contributed by atoms with E-state index < -0.39 is 0 Å². The summed E-state index contributed by atoms with van der Waals surface area (Å²) in [4.78, 5) is 4.46. The van der Waals surface area contributed by atoms with E-state index >= 15 is 0 Å². The predicted octanol–water partition coefficient (Wildman–Crippen LogP) is 4.41. The number of hydrogen-bond donors (Lipinski definition) is 0. The Morgan fingerprint density at radius 3 is 2.76 bits per heavy atom. The van der Waals surface area contributed by atoms with Crippen LogP contribution in [0.5, 0.6) is 5.75 Å². The first-order chi connectivity index (χ1) is 8.13. The highest BCUT2D eigenvalue weighted by atomic mass is 35.5. The summed E-state index contributed by atoms with van der Waals surface area (Å²) >= 11 is 6.20. The number of ether oxygens (including phenoxy) is 1. The van der Waals surface area contributed by atoms with Crippen molar-refractivity contribution in [2.24, 2.45) is 0 Å². The first-order valence-electron chi connectivity index (χ1n) is 5.85. The molecule has 90 valence electrons. The molecule has 0 amide bonds. The lowest BCUT2D eigenvalue weighted by Crippen LogP contribution is -1.96. The van der Waals surface area contributed by atoms with E-state index in [1.807, 2.05) is 25.1 Å². The molecule has 1 aromatic carbocycles. The topological polar surface area (TPSA) is 22.1 Å². The number of para-hydroxylation sites is 1. The Morgan fingerprint density at radius 1 is 1.35 bits per heavy atom. The summed E-state index contributed by atoms with van der Waals surface area (Å²) < 4.78 is 5.55. The number of fused-ring (bicyclic) bond motifs is 1. The Kier molecular flexibility index (Phi) is 3.53. The van der Waals surface area contributed by atoms with Crippen LogP contribution in [0.2, 0.25) is 5.15 Å². The van der Waals surface area contributed by atoms with Gasteiger partial charge in [-0.2, -0.15) is 0 Å². The van der Waals surface area contributed by atoms with Gasteiger partial charge in [0.25, 0.3) is 0 Å². The second-order valence-electron chi connectivity index (χ2n) is 4.28. The van der Waals surface area contributed by atoms with Crippen LogP contribution in [0.25, 0.3) is 10.9 Å². The first kappa shape index (κ1) is 12.2. The molecule has 0 atom stereocenters. The molecule has 17 heavy (non-hydrogen) atoms. The average molecular weight is 250 g/mol. The largest absolute Gasteiger partial charge is 0.492 e. The van der Waals surface area contributed by atoms with E-state index in [-0.39, 0.29) is 0 Å². The number of aromatic nitrogens is 1. The molecular weight excluding hydrogens is 234 g/mol. The summed E-state index contributed by atoms with van der Waals surface area (Å²) in [6.07, 6.45) is 0. The summed E-state index contributed by atoms with van der Waals surface area (Å²) in [6, 6.07) is 8.03. The molecule has 0 unspecified atom stereocenters. The fraction of sp³-hybridized carbons (Fsp3) is 0.357. The molecule has 0 radical (unpaired) electrons. The van der Waals surface area contributed by atoms with Crippen LogP contribution in [0.4, 0.5) is 0 Å². The van der Waals surface area contributed by atoms with E-state index in [9.17, 15) is 0 Å². The van der Waals surface area contributed by atoms with Crippen molar-refractivity contribution in [3.63, 3.8) is 0 Å². The fourth-order valence-corrected chi connectivity index (χ4v) is 2.20. The molecule has 0 aliphatic heterocycles. The fourth-order valence-electron chi connectivity index (χ4n) is 1.84. The molecule has 0 saturated heterocycles. The molecule has 0 spiro atoms. The lowest BCUT2D eigenvalue weighted by molar-refractivity contribution is 0.343. The molecule has 0 N–H and O–H groups in total. The number of nitrogens with zero attached hydrogens (tertiary/aromatic N) is 1. The normalized spacial score (nSPS) is 11.1. The van der Waals surface area contributed by atoms with Crippen LogP contribution in [0.1, 0.15) is 32.3 Å². The van der Waals surface area contributed by atoms with Crippen LogP contribution >= 0.6 is 11.6 Å². The Morgan fingerprint density at radius 2 is 2.12 bits per heavy atom. The van der Waals surface area contributed by atoms with Crippen LogP contribution in [0.15, 0.2) is 24.3 Å². The van der Waals surface area contributed by atoms with Crippen LogP contribution in [-0.4, -0.2) is 11.6 Å². The van der Waals surface area contributed by atoms with Gasteiger partial charge in [-0.05, 0) is 30.5 Å². The second-order valence-corrected chi connectivity index (χ2v) is 4.64. The molecule has 0 bridgehead atoms. The zero-order valence-electron chi connectivity index (χ0n) is 10.3. The van der Waals surface area contributed by atoms with Gasteiger partial charge in [-0.3, -0.25) is 0 Å². The Hall–Kier alpha value is -1.28. The molecule has 1 aromatic heterocycles. The van der Waals surface area contributed by atoms with E-state index in [2.05, 4.69) is 24.9 Å². The molecule has 3 heteroatoms. The molecule has 2 aromatic rings. The third-order valence-corrected chi connectivity index (χ3v) is 3.01. The maximum atomic E-state index is 6.20. The molecule has 0 aliphatic carbocycles. The zero-order chi connectivity index (χ0) is 12.4. The van der Waals surface area contributed by atoms with Crippen molar-refractivity contribution in [2.45, 2.75) is 26.7 Å². The van der Waals surface area contributed by atoms with E-state index in [1.54, 1.807) is 0 Å². The minimum atomic E-state index is 0.371. The maximum Gasteiger partial charge on any atom is 0.145 e. The number of hydrogen-bond acceptors (Lipinski definition) is 2. The molecule has 2 nitrogen and oxygen atoms in total. The van der Waals surface area contributed by atoms with Crippen molar-refractivity contribution in [1.82, 2.24) is 4.98 Å². The van der Waals surface area contributed by atoms with Crippen molar-refractivity contribution < 1.29 is 4.74 Å². The molecule has 0 aliphatic rings. The lowest BCUT2D eigenvalue weighted by atomic mass is 10.0. The third kappa shape index (κ3) is 2.37.